The van der Waals surface area contributed by atoms with Gasteiger partial charge in [-0.3, -0.25) is 9.59 Å². The second kappa shape index (κ2) is 6.37. The minimum atomic E-state index is -3.71. The lowest BCUT2D eigenvalue weighted by Gasteiger charge is -2.23. The Labute approximate surface area is 140 Å². The van der Waals surface area contributed by atoms with E-state index in [2.05, 4.69) is 11.4 Å². The molecule has 1 aliphatic rings. The van der Waals surface area contributed by atoms with E-state index >= 15 is 0 Å². The molecule has 130 valence electrons. The summed E-state index contributed by atoms with van der Waals surface area (Å²) < 4.78 is 26.3. The number of nitrogens with zero attached hydrogens (tertiary/aromatic N) is 3. The average Bonchev–Trinajstić information content (AvgIpc) is 3.34. The number of amides is 1. The van der Waals surface area contributed by atoms with Crippen LogP contribution in [0.2, 0.25) is 0 Å². The van der Waals surface area contributed by atoms with E-state index in [9.17, 15) is 23.3 Å². The lowest BCUT2D eigenvalue weighted by Crippen LogP contribution is -2.48. The van der Waals surface area contributed by atoms with Crippen LogP contribution in [0.3, 0.4) is 0 Å². The van der Waals surface area contributed by atoms with Gasteiger partial charge in [0, 0.05) is 26.4 Å². The zero-order valence-electron chi connectivity index (χ0n) is 13.8. The van der Waals surface area contributed by atoms with Crippen molar-refractivity contribution in [1.82, 2.24) is 14.2 Å². The number of nitriles is 1. The minimum absolute atomic E-state index is 0.0786. The predicted molar refractivity (Wildman–Crippen MR) is 86.5 cm³/mol. The fourth-order valence-corrected chi connectivity index (χ4v) is 3.28. The molecule has 0 saturated heterocycles. The van der Waals surface area contributed by atoms with Gasteiger partial charge in [-0.15, -0.1) is 0 Å². The van der Waals surface area contributed by atoms with E-state index in [1.54, 1.807) is 6.92 Å². The van der Waals surface area contributed by atoms with Gasteiger partial charge in [0.1, 0.15) is 12.1 Å². The quantitative estimate of drug-likeness (QED) is 0.769. The normalized spacial score (nSPS) is 17.1. The number of aromatic nitrogens is 1. The van der Waals surface area contributed by atoms with Crippen molar-refractivity contribution >= 4 is 15.9 Å². The van der Waals surface area contributed by atoms with E-state index in [0.717, 1.165) is 34.0 Å². The van der Waals surface area contributed by atoms with Crippen LogP contribution in [0.5, 0.6) is 0 Å². The average molecular weight is 352 g/mol. The topological polar surface area (TPSA) is 112 Å². The first kappa shape index (κ1) is 18.2. The van der Waals surface area contributed by atoms with Crippen molar-refractivity contribution in [3.63, 3.8) is 0 Å². The Morgan fingerprint density at radius 3 is 2.58 bits per heavy atom. The number of hydrogen-bond donors (Lipinski definition) is 1. The molecule has 0 aliphatic heterocycles. The molecule has 0 radical (unpaired) electrons. The molecule has 1 aliphatic carbocycles. The maximum absolute atomic E-state index is 12.2. The number of hydrogen-bond acceptors (Lipinski definition) is 5. The highest BCUT2D eigenvalue weighted by molar-refractivity contribution is 7.89. The Balaban J connectivity index is 2.22. The van der Waals surface area contributed by atoms with Crippen molar-refractivity contribution in [3.05, 3.63) is 28.7 Å². The molecule has 0 aromatic carbocycles. The molecule has 8 nitrogen and oxygen atoms in total. The summed E-state index contributed by atoms with van der Waals surface area (Å²) in [6, 6.07) is 4.41. The molecular weight excluding hydrogens is 332 g/mol. The number of carbonyl (C=O) groups is 1. The molecule has 1 atom stereocenters. The van der Waals surface area contributed by atoms with Crippen LogP contribution < -0.4 is 10.9 Å². The van der Waals surface area contributed by atoms with Gasteiger partial charge < -0.3 is 9.88 Å². The molecular formula is C15H20N4O4S. The third kappa shape index (κ3) is 3.66. The van der Waals surface area contributed by atoms with Crippen molar-refractivity contribution in [2.75, 3.05) is 14.1 Å². The molecule has 24 heavy (non-hydrogen) atoms. The number of carbonyl (C=O) groups excluding carboxylic acids is 1. The van der Waals surface area contributed by atoms with E-state index in [1.165, 1.54) is 20.2 Å². The Morgan fingerprint density at radius 1 is 1.46 bits per heavy atom. The summed E-state index contributed by atoms with van der Waals surface area (Å²) in [6.45, 7) is 1.30. The van der Waals surface area contributed by atoms with Crippen LogP contribution in [0.1, 0.15) is 19.8 Å². The fraction of sp³-hybridized carbons (Fsp3) is 0.533. The molecule has 1 aromatic rings. The monoisotopic (exact) mass is 352 g/mol. The lowest BCUT2D eigenvalue weighted by molar-refractivity contribution is -0.123. The fourth-order valence-electron chi connectivity index (χ4n) is 2.36. The van der Waals surface area contributed by atoms with Gasteiger partial charge in [-0.25, -0.2) is 12.7 Å². The zero-order chi connectivity index (χ0) is 18.1. The van der Waals surface area contributed by atoms with E-state index in [1.807, 2.05) is 0 Å². The number of rotatable bonds is 6. The molecule has 0 spiro atoms. The smallest absolute Gasteiger partial charge is 0.251 e. The van der Waals surface area contributed by atoms with Crippen molar-refractivity contribution in [2.45, 2.75) is 36.7 Å². The Hall–Kier alpha value is -2.18. The van der Waals surface area contributed by atoms with Gasteiger partial charge in [0.05, 0.1) is 11.0 Å². The summed E-state index contributed by atoms with van der Waals surface area (Å²) >= 11 is 0. The SMILES string of the molecule is CN(C)S(=O)(=O)c1ccc(=O)n(CC(=O)N[C@](C)(C#N)C2CC2)c1. The number of pyridine rings is 1. The van der Waals surface area contributed by atoms with E-state index in [0.29, 0.717) is 0 Å². The van der Waals surface area contributed by atoms with Gasteiger partial charge in [-0.1, -0.05) is 0 Å². The van der Waals surface area contributed by atoms with Gasteiger partial charge in [-0.2, -0.15) is 5.26 Å². The minimum Gasteiger partial charge on any atom is -0.336 e. The molecule has 1 amide bonds. The molecule has 1 fully saturated rings. The second-order valence-corrected chi connectivity index (χ2v) is 8.41. The van der Waals surface area contributed by atoms with Crippen molar-refractivity contribution in [1.29, 1.82) is 5.26 Å². The molecule has 1 saturated carbocycles. The molecule has 1 aromatic heterocycles. The Bertz CT molecular complexity index is 849. The first-order chi connectivity index (χ1) is 11.1. The van der Waals surface area contributed by atoms with Crippen LogP contribution in [0.4, 0.5) is 0 Å². The standard InChI is InChI=1S/C15H20N4O4S/c1-15(10-16,11-4-5-11)17-13(20)9-19-8-12(6-7-14(19)21)24(22,23)18(2)3/h6-8,11H,4-5,9H2,1-3H3,(H,17,20)/t15-/m1/s1. The predicted octanol–water partition coefficient (Wildman–Crippen LogP) is -0.0929. The first-order valence-corrected chi connectivity index (χ1v) is 8.89. The van der Waals surface area contributed by atoms with Crippen molar-refractivity contribution in [2.24, 2.45) is 5.92 Å². The number of nitrogens with one attached hydrogen (secondary N) is 1. The molecule has 0 unspecified atom stereocenters. The number of sulfonamides is 1. The zero-order valence-corrected chi connectivity index (χ0v) is 14.6. The summed E-state index contributed by atoms with van der Waals surface area (Å²) in [5, 5.41) is 11.9. The van der Waals surface area contributed by atoms with Crippen LogP contribution >= 0.6 is 0 Å². The first-order valence-electron chi connectivity index (χ1n) is 7.45. The second-order valence-electron chi connectivity index (χ2n) is 6.25. The van der Waals surface area contributed by atoms with E-state index in [-0.39, 0.29) is 17.4 Å². The maximum atomic E-state index is 12.2. The highest BCUT2D eigenvalue weighted by Crippen LogP contribution is 2.39. The summed E-state index contributed by atoms with van der Waals surface area (Å²) in [5.74, 6) is -0.393. The molecule has 1 heterocycles. The maximum Gasteiger partial charge on any atom is 0.251 e. The largest absolute Gasteiger partial charge is 0.336 e. The van der Waals surface area contributed by atoms with Crippen LogP contribution in [0.25, 0.3) is 0 Å². The van der Waals surface area contributed by atoms with E-state index in [4.69, 9.17) is 0 Å². The van der Waals surface area contributed by atoms with Crippen LogP contribution in [0.15, 0.2) is 28.0 Å². The Morgan fingerprint density at radius 2 is 2.08 bits per heavy atom. The van der Waals surface area contributed by atoms with Gasteiger partial charge in [0.15, 0.2) is 0 Å². The van der Waals surface area contributed by atoms with Gasteiger partial charge in [0.2, 0.25) is 15.9 Å². The van der Waals surface area contributed by atoms with Gasteiger partial charge >= 0.3 is 0 Å². The summed E-state index contributed by atoms with van der Waals surface area (Å²) in [7, 11) is -0.945. The summed E-state index contributed by atoms with van der Waals surface area (Å²) in [5.41, 5.74) is -1.46. The van der Waals surface area contributed by atoms with Gasteiger partial charge in [-0.05, 0) is 31.7 Å². The van der Waals surface area contributed by atoms with Crippen molar-refractivity contribution < 1.29 is 13.2 Å². The van der Waals surface area contributed by atoms with Crippen LogP contribution in [-0.4, -0.2) is 42.8 Å². The van der Waals surface area contributed by atoms with Gasteiger partial charge in [0.25, 0.3) is 5.56 Å². The summed E-state index contributed by atoms with van der Waals surface area (Å²) in [6.07, 6.45) is 2.89. The molecule has 9 heteroatoms. The Kier molecular flexibility index (Phi) is 4.82. The van der Waals surface area contributed by atoms with Crippen LogP contribution in [0, 0.1) is 17.2 Å². The van der Waals surface area contributed by atoms with Crippen molar-refractivity contribution in [3.8, 4) is 6.07 Å². The lowest BCUT2D eigenvalue weighted by atomic mass is 9.98. The molecule has 0 bridgehead atoms. The third-order valence-corrected chi connectivity index (χ3v) is 5.87. The molecule has 1 N–H and O–H groups in total. The third-order valence-electron chi connectivity index (χ3n) is 4.07. The molecule has 2 rings (SSSR count). The van der Waals surface area contributed by atoms with Crippen LogP contribution in [-0.2, 0) is 21.4 Å². The summed E-state index contributed by atoms with van der Waals surface area (Å²) in [4.78, 5) is 24.0. The highest BCUT2D eigenvalue weighted by atomic mass is 32.2. The van der Waals surface area contributed by atoms with E-state index < -0.39 is 27.0 Å². The highest BCUT2D eigenvalue weighted by Gasteiger charge is 2.43.